The van der Waals surface area contributed by atoms with E-state index in [9.17, 15) is 4.39 Å². The van der Waals surface area contributed by atoms with E-state index in [2.05, 4.69) is 44.2 Å². The van der Waals surface area contributed by atoms with E-state index in [1.807, 2.05) is 7.05 Å². The molecule has 1 N–H and O–H groups in total. The first kappa shape index (κ1) is 14.4. The number of hydrogen-bond acceptors (Lipinski definition) is 4. The Labute approximate surface area is 134 Å². The van der Waals surface area contributed by atoms with Crippen molar-refractivity contribution < 1.29 is 4.39 Å². The third kappa shape index (κ3) is 2.53. The van der Waals surface area contributed by atoms with Gasteiger partial charge in [-0.25, -0.2) is 14.4 Å². The summed E-state index contributed by atoms with van der Waals surface area (Å²) in [4.78, 5) is 11.1. The van der Waals surface area contributed by atoms with E-state index >= 15 is 0 Å². The molecule has 0 bridgehead atoms. The Bertz CT molecular complexity index is 796. The lowest BCUT2D eigenvalue weighted by atomic mass is 10.2. The van der Waals surface area contributed by atoms with Crippen LogP contribution in [0.1, 0.15) is 11.8 Å². The van der Waals surface area contributed by atoms with Crippen LogP contribution in [0.3, 0.4) is 0 Å². The molecule has 0 saturated carbocycles. The summed E-state index contributed by atoms with van der Waals surface area (Å²) in [5.74, 6) is 0.778. The van der Waals surface area contributed by atoms with Gasteiger partial charge in [-0.1, -0.05) is 13.0 Å². The third-order valence-corrected chi connectivity index (χ3v) is 5.05. The van der Waals surface area contributed by atoms with Crippen molar-refractivity contribution in [1.82, 2.24) is 9.97 Å². The second-order valence-electron chi connectivity index (χ2n) is 4.53. The van der Waals surface area contributed by atoms with Gasteiger partial charge in [0.1, 0.15) is 16.5 Å². The molecule has 2 heterocycles. The molecule has 0 atom stereocenters. The van der Waals surface area contributed by atoms with E-state index in [4.69, 9.17) is 0 Å². The van der Waals surface area contributed by atoms with Gasteiger partial charge in [-0.2, -0.15) is 0 Å². The van der Waals surface area contributed by atoms with Crippen LogP contribution in [0.2, 0.25) is 0 Å². The van der Waals surface area contributed by atoms with Crippen LogP contribution in [-0.2, 0) is 6.42 Å². The van der Waals surface area contributed by atoms with Gasteiger partial charge in [-0.05, 0) is 40.5 Å². The van der Waals surface area contributed by atoms with Gasteiger partial charge < -0.3 is 5.32 Å². The summed E-state index contributed by atoms with van der Waals surface area (Å²) >= 11 is 4.99. The number of aryl methyl sites for hydroxylation is 1. The molecule has 0 aliphatic heterocycles. The smallest absolute Gasteiger partial charge is 0.167 e. The van der Waals surface area contributed by atoms with Crippen molar-refractivity contribution in [3.05, 3.63) is 39.4 Å². The number of halogens is 2. The molecule has 0 aliphatic carbocycles. The highest BCUT2D eigenvalue weighted by atomic mass is 79.9. The number of rotatable bonds is 3. The van der Waals surface area contributed by atoms with Gasteiger partial charge in [0, 0.05) is 16.4 Å². The van der Waals surface area contributed by atoms with Crippen LogP contribution in [0.25, 0.3) is 21.6 Å². The molecular formula is C15H13BrFN3S. The van der Waals surface area contributed by atoms with Crippen LogP contribution in [0, 0.1) is 5.82 Å². The normalized spacial score (nSPS) is 11.0. The molecule has 1 aromatic carbocycles. The average molecular weight is 366 g/mol. The Hall–Kier alpha value is -1.53. The number of hydrogen-bond donors (Lipinski definition) is 1. The molecule has 0 unspecified atom stereocenters. The highest BCUT2D eigenvalue weighted by Gasteiger charge is 2.16. The number of nitrogens with zero attached hydrogens (tertiary/aromatic N) is 2. The lowest BCUT2D eigenvalue weighted by Crippen LogP contribution is -1.99. The molecule has 0 saturated heterocycles. The number of nitrogens with one attached hydrogen (secondary N) is 1. The fraction of sp³-hybridized carbons (Fsp3) is 0.200. The molecular weight excluding hydrogens is 353 g/mol. The van der Waals surface area contributed by atoms with E-state index in [1.54, 1.807) is 23.5 Å². The average Bonchev–Trinajstić information content (AvgIpc) is 2.89. The summed E-state index contributed by atoms with van der Waals surface area (Å²) < 4.78 is 14.8. The summed E-state index contributed by atoms with van der Waals surface area (Å²) in [6.45, 7) is 2.10. The predicted octanol–water partition coefficient (Wildman–Crippen LogP) is 4.86. The first-order valence-electron chi connectivity index (χ1n) is 6.56. The topological polar surface area (TPSA) is 37.8 Å². The highest BCUT2D eigenvalue weighted by Crippen LogP contribution is 2.34. The molecule has 0 aliphatic rings. The molecule has 0 radical (unpaired) electrons. The fourth-order valence-corrected chi connectivity index (χ4v) is 3.65. The maximum absolute atomic E-state index is 14.1. The maximum atomic E-state index is 14.1. The van der Waals surface area contributed by atoms with Gasteiger partial charge in [0.15, 0.2) is 5.82 Å². The minimum Gasteiger partial charge on any atom is -0.372 e. The third-order valence-electron chi connectivity index (χ3n) is 3.22. The van der Waals surface area contributed by atoms with Crippen molar-refractivity contribution >= 4 is 43.3 Å². The molecule has 2 aromatic heterocycles. The van der Waals surface area contributed by atoms with Crippen LogP contribution in [0.5, 0.6) is 0 Å². The Kier molecular flexibility index (Phi) is 3.91. The van der Waals surface area contributed by atoms with Gasteiger partial charge in [0.05, 0.1) is 10.9 Å². The molecule has 0 fully saturated rings. The Morgan fingerprint density at radius 3 is 2.81 bits per heavy atom. The molecule has 0 spiro atoms. The van der Waals surface area contributed by atoms with Gasteiger partial charge in [-0.3, -0.25) is 0 Å². The van der Waals surface area contributed by atoms with Crippen molar-refractivity contribution in [1.29, 1.82) is 0 Å². The van der Waals surface area contributed by atoms with Gasteiger partial charge in [0.25, 0.3) is 0 Å². The Balaban J connectivity index is 2.28. The minimum atomic E-state index is -0.335. The molecule has 3 nitrogen and oxygen atoms in total. The quantitative estimate of drug-likeness (QED) is 0.719. The summed E-state index contributed by atoms with van der Waals surface area (Å²) in [5.41, 5.74) is 0.391. The summed E-state index contributed by atoms with van der Waals surface area (Å²) in [7, 11) is 1.81. The zero-order valence-corrected chi connectivity index (χ0v) is 14.0. The lowest BCUT2D eigenvalue weighted by molar-refractivity contribution is 0.629. The van der Waals surface area contributed by atoms with Crippen molar-refractivity contribution in [2.75, 3.05) is 12.4 Å². The minimum absolute atomic E-state index is 0.335. The molecule has 3 rings (SSSR count). The van der Waals surface area contributed by atoms with Crippen LogP contribution in [-0.4, -0.2) is 17.0 Å². The molecule has 21 heavy (non-hydrogen) atoms. The van der Waals surface area contributed by atoms with Crippen LogP contribution < -0.4 is 5.32 Å². The predicted molar refractivity (Wildman–Crippen MR) is 89.4 cm³/mol. The number of benzene rings is 1. The molecule has 108 valence electrons. The zero-order chi connectivity index (χ0) is 15.0. The van der Waals surface area contributed by atoms with E-state index in [0.717, 1.165) is 22.5 Å². The fourth-order valence-electron chi connectivity index (χ4n) is 2.16. The SMILES string of the molecule is CCc1cc2c(NC)nc(-c3c(F)cccc3Br)nc2s1. The van der Waals surface area contributed by atoms with E-state index in [0.29, 0.717) is 15.9 Å². The number of anilines is 1. The largest absolute Gasteiger partial charge is 0.372 e. The Morgan fingerprint density at radius 1 is 1.33 bits per heavy atom. The summed E-state index contributed by atoms with van der Waals surface area (Å²) in [6.07, 6.45) is 0.947. The molecule has 3 aromatic rings. The van der Waals surface area contributed by atoms with Gasteiger partial charge in [0.2, 0.25) is 0 Å². The van der Waals surface area contributed by atoms with E-state index < -0.39 is 0 Å². The zero-order valence-electron chi connectivity index (χ0n) is 11.6. The van der Waals surface area contributed by atoms with Gasteiger partial charge >= 0.3 is 0 Å². The number of fused-ring (bicyclic) bond motifs is 1. The molecule has 0 amide bonds. The van der Waals surface area contributed by atoms with Crippen molar-refractivity contribution in [2.45, 2.75) is 13.3 Å². The van der Waals surface area contributed by atoms with E-state index in [1.165, 1.54) is 10.9 Å². The number of aromatic nitrogens is 2. The summed E-state index contributed by atoms with van der Waals surface area (Å²) in [5, 5.41) is 4.06. The monoisotopic (exact) mass is 365 g/mol. The van der Waals surface area contributed by atoms with Crippen molar-refractivity contribution in [2.24, 2.45) is 0 Å². The highest BCUT2D eigenvalue weighted by molar-refractivity contribution is 9.10. The van der Waals surface area contributed by atoms with E-state index in [-0.39, 0.29) is 5.82 Å². The lowest BCUT2D eigenvalue weighted by Gasteiger charge is -2.07. The second kappa shape index (κ2) is 5.69. The van der Waals surface area contributed by atoms with Gasteiger partial charge in [-0.15, -0.1) is 11.3 Å². The number of thiophene rings is 1. The first-order valence-corrected chi connectivity index (χ1v) is 8.17. The summed E-state index contributed by atoms with van der Waals surface area (Å²) in [6, 6.07) is 6.95. The second-order valence-corrected chi connectivity index (χ2v) is 6.50. The standard InChI is InChI=1S/C15H13BrFN3S/c1-3-8-7-9-13(18-2)19-14(20-15(9)21-8)12-10(16)5-4-6-11(12)17/h4-7H,3H2,1-2H3,(H,18,19,20). The van der Waals surface area contributed by atoms with Crippen LogP contribution in [0.15, 0.2) is 28.7 Å². The van der Waals surface area contributed by atoms with Crippen molar-refractivity contribution in [3.8, 4) is 11.4 Å². The van der Waals surface area contributed by atoms with Crippen molar-refractivity contribution in [3.63, 3.8) is 0 Å². The Morgan fingerprint density at radius 2 is 2.14 bits per heavy atom. The van der Waals surface area contributed by atoms with Crippen LogP contribution in [0.4, 0.5) is 10.2 Å². The molecule has 6 heteroatoms. The van der Waals surface area contributed by atoms with Crippen LogP contribution >= 0.6 is 27.3 Å². The first-order chi connectivity index (χ1) is 10.1. The maximum Gasteiger partial charge on any atom is 0.167 e.